The second-order valence-corrected chi connectivity index (χ2v) is 10.9. The predicted octanol–water partition coefficient (Wildman–Crippen LogP) is 3.51. The monoisotopic (exact) mass is 473 g/mol. The highest BCUT2D eigenvalue weighted by Crippen LogP contribution is 2.47. The molecule has 0 atom stereocenters. The Bertz CT molecular complexity index is 1280. The van der Waals surface area contributed by atoms with Crippen LogP contribution in [0.2, 0.25) is 0 Å². The van der Waals surface area contributed by atoms with E-state index < -0.39 is 27.4 Å². The summed E-state index contributed by atoms with van der Waals surface area (Å²) in [5.74, 6) is 1.39. The number of hydrogen-bond donors (Lipinski definition) is 3. The molecule has 0 unspecified atom stereocenters. The first-order valence-electron chi connectivity index (χ1n) is 10.5. The lowest BCUT2D eigenvalue weighted by Gasteiger charge is -2.31. The highest BCUT2D eigenvalue weighted by atomic mass is 32.2. The molecule has 1 amide bonds. The minimum Gasteiger partial charge on any atom is -0.493 e. The van der Waals surface area contributed by atoms with Crippen LogP contribution in [-0.2, 0) is 23.1 Å². The average Bonchev–Trinajstić information content (AvgIpc) is 2.99. The molecule has 9 nitrogen and oxygen atoms in total. The molecule has 3 N–H and O–H groups in total. The largest absolute Gasteiger partial charge is 0.493 e. The fourth-order valence-electron chi connectivity index (χ4n) is 4.46. The molecule has 176 valence electrons. The fraction of sp³-hybridized carbons (Fsp3) is 0.391. The first-order valence-corrected chi connectivity index (χ1v) is 11.9. The SMILES string of the molecule is COc1cc2c(c3c1OC(C)(C)C3)C(c1cccc(NS(=O)(=O)NC(=O)O)c1)=NC(C)(C)C2. The highest BCUT2D eigenvalue weighted by Gasteiger charge is 2.39. The zero-order valence-corrected chi connectivity index (χ0v) is 20.0. The third-order valence-corrected chi connectivity index (χ3v) is 6.46. The second-order valence-electron chi connectivity index (χ2n) is 9.50. The number of hydrogen-bond acceptors (Lipinski definition) is 6. The van der Waals surface area contributed by atoms with Gasteiger partial charge in [-0.1, -0.05) is 12.1 Å². The van der Waals surface area contributed by atoms with Crippen LogP contribution in [0.15, 0.2) is 35.3 Å². The first-order chi connectivity index (χ1) is 15.3. The summed E-state index contributed by atoms with van der Waals surface area (Å²) in [6, 6.07) is 8.73. The van der Waals surface area contributed by atoms with Gasteiger partial charge in [0.15, 0.2) is 11.5 Å². The molecule has 0 aliphatic carbocycles. The van der Waals surface area contributed by atoms with E-state index in [0.29, 0.717) is 29.9 Å². The van der Waals surface area contributed by atoms with Gasteiger partial charge in [0.05, 0.1) is 24.0 Å². The maximum atomic E-state index is 12.0. The predicted molar refractivity (Wildman–Crippen MR) is 125 cm³/mol. The average molecular weight is 474 g/mol. The molecule has 0 saturated heterocycles. The molecule has 0 bridgehead atoms. The van der Waals surface area contributed by atoms with Gasteiger partial charge in [0.2, 0.25) is 0 Å². The molecule has 2 aromatic carbocycles. The third-order valence-electron chi connectivity index (χ3n) is 5.51. The lowest BCUT2D eigenvalue weighted by atomic mass is 9.81. The van der Waals surface area contributed by atoms with Crippen molar-refractivity contribution in [3.63, 3.8) is 0 Å². The molecule has 2 aliphatic heterocycles. The van der Waals surface area contributed by atoms with Gasteiger partial charge in [-0.3, -0.25) is 9.71 Å². The van der Waals surface area contributed by atoms with E-state index in [9.17, 15) is 13.2 Å². The van der Waals surface area contributed by atoms with Gasteiger partial charge in [-0.2, -0.15) is 8.42 Å². The maximum absolute atomic E-state index is 12.0. The smallest absolute Gasteiger partial charge is 0.419 e. The molecule has 0 saturated carbocycles. The van der Waals surface area contributed by atoms with E-state index in [1.165, 1.54) is 4.72 Å². The highest BCUT2D eigenvalue weighted by molar-refractivity contribution is 7.91. The van der Waals surface area contributed by atoms with Crippen LogP contribution in [0.1, 0.15) is 49.9 Å². The number of aliphatic imine (C=N–C) groups is 1. The van der Waals surface area contributed by atoms with E-state index in [1.807, 2.05) is 39.8 Å². The number of nitrogens with one attached hydrogen (secondary N) is 2. The van der Waals surface area contributed by atoms with Gasteiger partial charge < -0.3 is 14.6 Å². The fourth-order valence-corrected chi connectivity index (χ4v) is 5.17. The van der Waals surface area contributed by atoms with E-state index in [2.05, 4.69) is 4.72 Å². The number of rotatable bonds is 5. The Morgan fingerprint density at radius 3 is 2.58 bits per heavy atom. The Hall–Kier alpha value is -3.27. The number of ether oxygens (including phenoxy) is 2. The van der Waals surface area contributed by atoms with Crippen molar-refractivity contribution in [1.82, 2.24) is 4.72 Å². The summed E-state index contributed by atoms with van der Waals surface area (Å²) >= 11 is 0. The number of carboxylic acid groups (broad SMARTS) is 1. The Morgan fingerprint density at radius 2 is 1.91 bits per heavy atom. The second kappa shape index (κ2) is 7.65. The van der Waals surface area contributed by atoms with Crippen molar-refractivity contribution in [3.8, 4) is 11.5 Å². The molecule has 4 rings (SSSR count). The number of amides is 1. The van der Waals surface area contributed by atoms with Gasteiger partial charge in [0.1, 0.15) is 5.60 Å². The summed E-state index contributed by atoms with van der Waals surface area (Å²) < 4.78 is 39.6. The molecule has 2 aromatic rings. The van der Waals surface area contributed by atoms with Crippen molar-refractivity contribution >= 4 is 27.7 Å². The van der Waals surface area contributed by atoms with E-state index in [0.717, 1.165) is 22.4 Å². The molecule has 2 aliphatic rings. The summed E-state index contributed by atoms with van der Waals surface area (Å²) in [7, 11) is -2.65. The lowest BCUT2D eigenvalue weighted by Crippen LogP contribution is -2.34. The van der Waals surface area contributed by atoms with Crippen LogP contribution in [0, 0.1) is 0 Å². The molecular weight excluding hydrogens is 446 g/mol. The topological polar surface area (TPSA) is 126 Å². The van der Waals surface area contributed by atoms with Crippen LogP contribution in [0.25, 0.3) is 0 Å². The molecule has 0 fully saturated rings. The van der Waals surface area contributed by atoms with E-state index in [1.54, 1.807) is 25.3 Å². The number of benzene rings is 2. The van der Waals surface area contributed by atoms with Gasteiger partial charge in [-0.15, -0.1) is 0 Å². The van der Waals surface area contributed by atoms with E-state index in [4.69, 9.17) is 19.6 Å². The summed E-state index contributed by atoms with van der Waals surface area (Å²) in [6.45, 7) is 8.12. The summed E-state index contributed by atoms with van der Waals surface area (Å²) in [4.78, 5) is 15.8. The first kappa shape index (κ1) is 22.9. The van der Waals surface area contributed by atoms with E-state index >= 15 is 0 Å². The Balaban J connectivity index is 1.85. The molecule has 2 heterocycles. The zero-order valence-electron chi connectivity index (χ0n) is 19.1. The number of nitrogens with zero attached hydrogens (tertiary/aromatic N) is 1. The van der Waals surface area contributed by atoms with Gasteiger partial charge in [0, 0.05) is 23.1 Å². The lowest BCUT2D eigenvalue weighted by molar-refractivity contribution is 0.134. The molecular formula is C23H27N3O6S. The Labute approximate surface area is 193 Å². The quantitative estimate of drug-likeness (QED) is 0.610. The summed E-state index contributed by atoms with van der Waals surface area (Å²) in [5.41, 5.74) is 3.93. The van der Waals surface area contributed by atoms with Crippen LogP contribution in [-0.4, -0.2) is 43.6 Å². The van der Waals surface area contributed by atoms with Gasteiger partial charge in [-0.05, 0) is 57.9 Å². The molecule has 0 aromatic heterocycles. The van der Waals surface area contributed by atoms with Crippen LogP contribution >= 0.6 is 0 Å². The van der Waals surface area contributed by atoms with Gasteiger partial charge in [-0.25, -0.2) is 9.52 Å². The van der Waals surface area contributed by atoms with Crippen LogP contribution in [0.4, 0.5) is 10.5 Å². The molecule has 10 heteroatoms. The van der Waals surface area contributed by atoms with Crippen molar-refractivity contribution in [2.75, 3.05) is 11.8 Å². The van der Waals surface area contributed by atoms with Crippen molar-refractivity contribution in [2.24, 2.45) is 4.99 Å². The van der Waals surface area contributed by atoms with Crippen LogP contribution in [0.5, 0.6) is 11.5 Å². The van der Waals surface area contributed by atoms with Gasteiger partial charge >= 0.3 is 16.3 Å². The standard InChI is InChI=1S/C23H27N3O6S/c1-22(2)11-14-10-17(31-5)20-16(12-23(3,4)32-20)18(14)19(24-22)13-7-6-8-15(9-13)25-33(29,30)26-21(27)28/h6-10,25-26H,11-12H2,1-5H3,(H,27,28). The molecule has 33 heavy (non-hydrogen) atoms. The third kappa shape index (κ3) is 4.61. The Kier molecular flexibility index (Phi) is 5.31. The summed E-state index contributed by atoms with van der Waals surface area (Å²) in [5, 5.41) is 8.76. The maximum Gasteiger partial charge on any atom is 0.419 e. The van der Waals surface area contributed by atoms with Crippen molar-refractivity contribution in [2.45, 2.75) is 51.7 Å². The van der Waals surface area contributed by atoms with E-state index in [-0.39, 0.29) is 5.69 Å². The molecule has 0 radical (unpaired) electrons. The van der Waals surface area contributed by atoms with Crippen LogP contribution in [0.3, 0.4) is 0 Å². The van der Waals surface area contributed by atoms with Gasteiger partial charge in [0.25, 0.3) is 0 Å². The number of anilines is 1. The minimum atomic E-state index is -4.27. The zero-order chi connectivity index (χ0) is 24.2. The molecule has 0 spiro atoms. The Morgan fingerprint density at radius 1 is 1.18 bits per heavy atom. The normalized spacial score (nSPS) is 17.8. The summed E-state index contributed by atoms with van der Waals surface area (Å²) in [6.07, 6.45) is -0.279. The van der Waals surface area contributed by atoms with Crippen molar-refractivity contribution < 1.29 is 27.8 Å². The van der Waals surface area contributed by atoms with Crippen LogP contribution < -0.4 is 18.9 Å². The number of fused-ring (bicyclic) bond motifs is 3. The number of methoxy groups -OCH3 is 1. The minimum absolute atomic E-state index is 0.218. The van der Waals surface area contributed by atoms with Crippen molar-refractivity contribution in [3.05, 3.63) is 52.6 Å². The number of carbonyl (C=O) groups is 1. The van der Waals surface area contributed by atoms with Crippen molar-refractivity contribution in [1.29, 1.82) is 0 Å².